The van der Waals surface area contributed by atoms with Crippen LogP contribution in [0.15, 0.2) is 42.5 Å². The van der Waals surface area contributed by atoms with E-state index in [9.17, 15) is 9.59 Å². The fourth-order valence-electron chi connectivity index (χ4n) is 6.17. The quantitative estimate of drug-likeness (QED) is 0.190. The van der Waals surface area contributed by atoms with Crippen LogP contribution in [0.2, 0.25) is 0 Å². The van der Waals surface area contributed by atoms with Crippen molar-refractivity contribution in [2.45, 2.75) is 97.7 Å². The lowest BCUT2D eigenvalue weighted by Gasteiger charge is -2.30. The minimum Gasteiger partial charge on any atom is -0.489 e. The van der Waals surface area contributed by atoms with E-state index in [0.29, 0.717) is 41.7 Å². The van der Waals surface area contributed by atoms with Crippen LogP contribution in [-0.4, -0.2) is 37.4 Å². The Morgan fingerprint density at radius 1 is 0.875 bits per heavy atom. The SMILES string of the molecule is C=C(C)C(=O)OC(CC)COc1c2c(c(OCC(CC)OC(=O)C(=C)C)c3c(CC)cccc13)C1CC(C)C2C1. The third-order valence-corrected chi connectivity index (χ3v) is 8.43. The predicted molar refractivity (Wildman–Crippen MR) is 158 cm³/mol. The molecule has 0 aliphatic heterocycles. The monoisotopic (exact) mass is 548 g/mol. The van der Waals surface area contributed by atoms with Crippen LogP contribution in [0, 0.1) is 5.92 Å². The van der Waals surface area contributed by atoms with Gasteiger partial charge in [0.25, 0.3) is 0 Å². The molecule has 0 aromatic heterocycles. The number of benzene rings is 2. The second-order valence-electron chi connectivity index (χ2n) is 11.5. The van der Waals surface area contributed by atoms with Gasteiger partial charge in [-0.2, -0.15) is 0 Å². The summed E-state index contributed by atoms with van der Waals surface area (Å²) in [6.07, 6.45) is 3.57. The second kappa shape index (κ2) is 12.5. The minimum absolute atomic E-state index is 0.272. The molecule has 5 atom stereocenters. The van der Waals surface area contributed by atoms with E-state index < -0.39 is 11.9 Å². The van der Waals surface area contributed by atoms with E-state index in [2.05, 4.69) is 45.2 Å². The number of hydrogen-bond acceptors (Lipinski definition) is 6. The standard InChI is InChI=1S/C34H44O6/c1-9-22-13-12-14-26-28(22)32(38-18-25(11-3)40-34(36)20(6)7)29-23-15-21(8)27(16-23)30(29)31(26)37-17-24(10-2)39-33(35)19(4)5/h12-14,21,23-25,27H,4,6,9-11,15-18H2,1-3,5,7-8H3. The van der Waals surface area contributed by atoms with Crippen molar-refractivity contribution in [3.8, 4) is 11.5 Å². The minimum atomic E-state index is -0.395. The van der Waals surface area contributed by atoms with Crippen LogP contribution in [-0.2, 0) is 25.5 Å². The number of carbonyl (C=O) groups is 2. The summed E-state index contributed by atoms with van der Waals surface area (Å²) in [5.74, 6) is 2.32. The predicted octanol–water partition coefficient (Wildman–Crippen LogP) is 7.57. The first-order valence-corrected chi connectivity index (χ1v) is 14.7. The number of aryl methyl sites for hydroxylation is 1. The molecule has 0 spiro atoms. The maximum Gasteiger partial charge on any atom is 0.333 e. The van der Waals surface area contributed by atoms with Crippen LogP contribution in [0.3, 0.4) is 0 Å². The molecule has 0 heterocycles. The summed E-state index contributed by atoms with van der Waals surface area (Å²) >= 11 is 0. The number of rotatable bonds is 13. The molecule has 2 bridgehead atoms. The van der Waals surface area contributed by atoms with Gasteiger partial charge in [0.15, 0.2) is 0 Å². The first-order chi connectivity index (χ1) is 19.1. The Morgan fingerprint density at radius 2 is 1.45 bits per heavy atom. The molecule has 40 heavy (non-hydrogen) atoms. The Morgan fingerprint density at radius 3 is 1.98 bits per heavy atom. The van der Waals surface area contributed by atoms with Gasteiger partial charge in [-0.15, -0.1) is 0 Å². The van der Waals surface area contributed by atoms with Crippen LogP contribution in [0.5, 0.6) is 11.5 Å². The number of fused-ring (bicyclic) bond motifs is 6. The van der Waals surface area contributed by atoms with Crippen molar-refractivity contribution in [3.05, 3.63) is 59.2 Å². The fourth-order valence-corrected chi connectivity index (χ4v) is 6.17. The van der Waals surface area contributed by atoms with E-state index in [1.165, 1.54) is 16.7 Å². The average molecular weight is 549 g/mol. The third-order valence-electron chi connectivity index (χ3n) is 8.43. The van der Waals surface area contributed by atoms with Gasteiger partial charge in [0, 0.05) is 33.0 Å². The number of esters is 2. The molecule has 1 fully saturated rings. The lowest BCUT2D eigenvalue weighted by Crippen LogP contribution is -2.26. The molecule has 2 aromatic rings. The van der Waals surface area contributed by atoms with E-state index in [0.717, 1.165) is 41.5 Å². The Hall–Kier alpha value is -3.28. The van der Waals surface area contributed by atoms with Gasteiger partial charge in [-0.3, -0.25) is 0 Å². The zero-order valence-electron chi connectivity index (χ0n) is 24.9. The molecule has 0 saturated heterocycles. The van der Waals surface area contributed by atoms with E-state index in [-0.39, 0.29) is 25.4 Å². The van der Waals surface area contributed by atoms with Crippen LogP contribution in [0.25, 0.3) is 10.8 Å². The van der Waals surface area contributed by atoms with Gasteiger partial charge in [0.05, 0.1) is 0 Å². The van der Waals surface area contributed by atoms with Gasteiger partial charge >= 0.3 is 11.9 Å². The molecule has 2 aliphatic rings. The molecular formula is C34H44O6. The molecular weight excluding hydrogens is 504 g/mol. The molecule has 0 N–H and O–H groups in total. The van der Waals surface area contributed by atoms with Crippen molar-refractivity contribution >= 4 is 22.7 Å². The largest absolute Gasteiger partial charge is 0.489 e. The van der Waals surface area contributed by atoms with E-state index in [1.807, 2.05) is 13.8 Å². The van der Waals surface area contributed by atoms with Gasteiger partial charge in [0.1, 0.15) is 36.9 Å². The normalized spacial score (nSPS) is 20.5. The first kappa shape index (κ1) is 29.7. The first-order valence-electron chi connectivity index (χ1n) is 14.7. The highest BCUT2D eigenvalue weighted by Crippen LogP contribution is 2.63. The Bertz CT molecular complexity index is 1310. The molecule has 2 aliphatic carbocycles. The maximum absolute atomic E-state index is 12.2. The Kier molecular flexibility index (Phi) is 9.27. The molecule has 5 unspecified atom stereocenters. The molecule has 0 radical (unpaired) electrons. The van der Waals surface area contributed by atoms with Gasteiger partial charge in [0.2, 0.25) is 0 Å². The smallest absolute Gasteiger partial charge is 0.333 e. The van der Waals surface area contributed by atoms with Crippen molar-refractivity contribution in [1.82, 2.24) is 0 Å². The van der Waals surface area contributed by atoms with Gasteiger partial charge in [-0.25, -0.2) is 9.59 Å². The topological polar surface area (TPSA) is 71.1 Å². The van der Waals surface area contributed by atoms with Crippen LogP contribution in [0.4, 0.5) is 0 Å². The highest BCUT2D eigenvalue weighted by Gasteiger charge is 2.47. The van der Waals surface area contributed by atoms with E-state index in [1.54, 1.807) is 13.8 Å². The lowest BCUT2D eigenvalue weighted by atomic mass is 9.81. The molecule has 1 saturated carbocycles. The van der Waals surface area contributed by atoms with Gasteiger partial charge in [-0.05, 0) is 69.3 Å². The molecule has 4 rings (SSSR count). The average Bonchev–Trinajstić information content (AvgIpc) is 3.50. The highest BCUT2D eigenvalue weighted by atomic mass is 16.6. The van der Waals surface area contributed by atoms with E-state index >= 15 is 0 Å². The number of carbonyl (C=O) groups excluding carboxylic acids is 2. The van der Waals surface area contributed by atoms with Crippen molar-refractivity contribution in [3.63, 3.8) is 0 Å². The number of hydrogen-bond donors (Lipinski definition) is 0. The Balaban J connectivity index is 1.78. The summed E-state index contributed by atoms with van der Waals surface area (Å²) in [7, 11) is 0. The zero-order chi connectivity index (χ0) is 29.1. The fraction of sp³-hybridized carbons (Fsp3) is 0.529. The maximum atomic E-state index is 12.2. The summed E-state index contributed by atoms with van der Waals surface area (Å²) < 4.78 is 24.6. The molecule has 6 heteroatoms. The molecule has 2 aromatic carbocycles. The molecule has 0 amide bonds. The summed E-state index contributed by atoms with van der Waals surface area (Å²) in [6.45, 7) is 19.7. The summed E-state index contributed by atoms with van der Waals surface area (Å²) in [5, 5.41) is 2.08. The molecule has 6 nitrogen and oxygen atoms in total. The van der Waals surface area contributed by atoms with Crippen molar-refractivity contribution in [2.24, 2.45) is 5.92 Å². The van der Waals surface area contributed by atoms with Crippen LogP contribution >= 0.6 is 0 Å². The zero-order valence-corrected chi connectivity index (χ0v) is 24.9. The summed E-state index contributed by atoms with van der Waals surface area (Å²) in [6, 6.07) is 6.32. The van der Waals surface area contributed by atoms with Gasteiger partial charge < -0.3 is 18.9 Å². The van der Waals surface area contributed by atoms with E-state index in [4.69, 9.17) is 18.9 Å². The van der Waals surface area contributed by atoms with Crippen LogP contribution in [0.1, 0.15) is 95.8 Å². The van der Waals surface area contributed by atoms with Crippen molar-refractivity contribution in [1.29, 1.82) is 0 Å². The van der Waals surface area contributed by atoms with Gasteiger partial charge in [-0.1, -0.05) is 59.1 Å². The van der Waals surface area contributed by atoms with Crippen molar-refractivity contribution < 1.29 is 28.5 Å². The molecule has 216 valence electrons. The highest BCUT2D eigenvalue weighted by molar-refractivity contribution is 5.99. The third kappa shape index (κ3) is 5.77. The van der Waals surface area contributed by atoms with Crippen molar-refractivity contribution in [2.75, 3.05) is 13.2 Å². The van der Waals surface area contributed by atoms with Crippen LogP contribution < -0.4 is 9.47 Å². The Labute approximate surface area is 238 Å². The second-order valence-corrected chi connectivity index (χ2v) is 11.5. The number of ether oxygens (including phenoxy) is 4. The lowest BCUT2D eigenvalue weighted by molar-refractivity contribution is -0.146. The summed E-state index contributed by atoms with van der Waals surface area (Å²) in [4.78, 5) is 24.5. The summed E-state index contributed by atoms with van der Waals surface area (Å²) in [5.41, 5.74) is 4.41.